The normalized spacial score (nSPS) is 10.9. The van der Waals surface area contributed by atoms with Crippen LogP contribution in [0, 0.1) is 0 Å². The molecule has 0 heterocycles. The largest absolute Gasteiger partial charge is 0.506 e. The van der Waals surface area contributed by atoms with Crippen LogP contribution < -0.4 is 0 Å². The third-order valence-corrected chi connectivity index (χ3v) is 3.61. The second-order valence-electron chi connectivity index (χ2n) is 4.35. The van der Waals surface area contributed by atoms with Gasteiger partial charge in [0, 0.05) is 16.8 Å². The number of hydrogen-bond donors (Lipinski definition) is 1. The first-order chi connectivity index (χ1) is 10.5. The number of esters is 1. The third kappa shape index (κ3) is 4.08. The number of rotatable bonds is 4. The van der Waals surface area contributed by atoms with Gasteiger partial charge in [0.05, 0.1) is 22.3 Å². The lowest BCUT2D eigenvalue weighted by Crippen LogP contribution is -2.03. The van der Waals surface area contributed by atoms with Gasteiger partial charge in [-0.25, -0.2) is 4.79 Å². The third-order valence-electron chi connectivity index (χ3n) is 2.79. The fourth-order valence-electron chi connectivity index (χ4n) is 1.73. The molecule has 0 spiro atoms. The van der Waals surface area contributed by atoms with Gasteiger partial charge in [-0.2, -0.15) is 0 Å². The smallest absolute Gasteiger partial charge is 0.338 e. The predicted octanol–water partition coefficient (Wildman–Crippen LogP) is 4.74. The van der Waals surface area contributed by atoms with Crippen LogP contribution in [0.2, 0.25) is 5.02 Å². The molecule has 2 rings (SSSR count). The predicted molar refractivity (Wildman–Crippen MR) is 90.5 cm³/mol. The van der Waals surface area contributed by atoms with Gasteiger partial charge in [-0.1, -0.05) is 11.6 Å². The molecular weight excluding hydrogens is 370 g/mol. The number of nitrogens with zero attached hydrogens (tertiary/aromatic N) is 1. The van der Waals surface area contributed by atoms with E-state index in [1.807, 2.05) is 0 Å². The van der Waals surface area contributed by atoms with E-state index >= 15 is 0 Å². The van der Waals surface area contributed by atoms with E-state index in [0.717, 1.165) is 0 Å². The highest BCUT2D eigenvalue weighted by molar-refractivity contribution is 9.10. The quantitative estimate of drug-likeness (QED) is 0.614. The van der Waals surface area contributed by atoms with Crippen LogP contribution in [-0.4, -0.2) is 23.9 Å². The maximum absolute atomic E-state index is 11.5. The number of ether oxygens (including phenoxy) is 1. The zero-order valence-corrected chi connectivity index (χ0v) is 14.1. The lowest BCUT2D eigenvalue weighted by atomic mass is 10.2. The van der Waals surface area contributed by atoms with Gasteiger partial charge in [-0.15, -0.1) is 0 Å². The molecule has 0 aromatic heterocycles. The van der Waals surface area contributed by atoms with Gasteiger partial charge in [-0.05, 0) is 59.3 Å². The zero-order chi connectivity index (χ0) is 16.1. The number of aliphatic imine (C=N–C) groups is 1. The Morgan fingerprint density at radius 2 is 2.05 bits per heavy atom. The van der Waals surface area contributed by atoms with E-state index in [1.165, 1.54) is 6.21 Å². The summed E-state index contributed by atoms with van der Waals surface area (Å²) in [6.07, 6.45) is 1.51. The molecule has 0 saturated heterocycles. The molecule has 0 bridgehead atoms. The van der Waals surface area contributed by atoms with E-state index in [4.69, 9.17) is 16.3 Å². The van der Waals surface area contributed by atoms with Crippen molar-refractivity contribution in [1.82, 2.24) is 0 Å². The number of carbonyl (C=O) groups excluding carboxylic acids is 1. The molecule has 0 aliphatic carbocycles. The molecular formula is C16H13BrClNO3. The van der Waals surface area contributed by atoms with Crippen LogP contribution in [0.15, 0.2) is 45.9 Å². The first kappa shape index (κ1) is 16.5. The molecule has 2 aromatic rings. The fourth-order valence-corrected chi connectivity index (χ4v) is 2.56. The minimum atomic E-state index is -0.366. The summed E-state index contributed by atoms with van der Waals surface area (Å²) in [7, 11) is 0. The molecule has 0 aliphatic heterocycles. The number of halogens is 2. The molecule has 114 valence electrons. The van der Waals surface area contributed by atoms with Crippen LogP contribution >= 0.6 is 27.5 Å². The second kappa shape index (κ2) is 7.42. The van der Waals surface area contributed by atoms with Crippen LogP contribution in [0.4, 0.5) is 5.69 Å². The molecule has 6 heteroatoms. The van der Waals surface area contributed by atoms with Crippen molar-refractivity contribution < 1.29 is 14.6 Å². The minimum Gasteiger partial charge on any atom is -0.506 e. The number of benzene rings is 2. The Kier molecular flexibility index (Phi) is 5.57. The van der Waals surface area contributed by atoms with E-state index in [1.54, 1.807) is 43.3 Å². The van der Waals surface area contributed by atoms with Crippen molar-refractivity contribution in [2.45, 2.75) is 6.92 Å². The summed E-state index contributed by atoms with van der Waals surface area (Å²) in [5.74, 6) is -0.300. The molecule has 22 heavy (non-hydrogen) atoms. The molecule has 2 aromatic carbocycles. The SMILES string of the molecule is CCOC(=O)c1ccc(/N=C/c2cc(Cl)cc(Br)c2O)cc1. The Labute approximate surface area is 141 Å². The van der Waals surface area contributed by atoms with Crippen molar-refractivity contribution in [2.24, 2.45) is 4.99 Å². The average Bonchev–Trinajstić information content (AvgIpc) is 2.50. The Morgan fingerprint density at radius 3 is 2.68 bits per heavy atom. The first-order valence-electron chi connectivity index (χ1n) is 6.50. The summed E-state index contributed by atoms with van der Waals surface area (Å²) >= 11 is 9.15. The number of phenols is 1. The van der Waals surface area contributed by atoms with Gasteiger partial charge < -0.3 is 9.84 Å². The Balaban J connectivity index is 2.19. The molecule has 0 fully saturated rings. The van der Waals surface area contributed by atoms with Gasteiger partial charge in [-0.3, -0.25) is 4.99 Å². The Bertz CT molecular complexity index is 714. The number of carbonyl (C=O) groups is 1. The molecule has 0 atom stereocenters. The van der Waals surface area contributed by atoms with E-state index in [0.29, 0.717) is 32.9 Å². The van der Waals surface area contributed by atoms with Gasteiger partial charge in [0.15, 0.2) is 0 Å². The van der Waals surface area contributed by atoms with Crippen molar-refractivity contribution in [1.29, 1.82) is 0 Å². The maximum atomic E-state index is 11.5. The Morgan fingerprint density at radius 1 is 1.36 bits per heavy atom. The van der Waals surface area contributed by atoms with E-state index in [9.17, 15) is 9.90 Å². The van der Waals surface area contributed by atoms with Crippen LogP contribution in [0.5, 0.6) is 5.75 Å². The summed E-state index contributed by atoms with van der Waals surface area (Å²) in [5, 5.41) is 10.4. The monoisotopic (exact) mass is 381 g/mol. The van der Waals surface area contributed by atoms with Crippen molar-refractivity contribution >= 4 is 45.4 Å². The summed E-state index contributed by atoms with van der Waals surface area (Å²) in [6.45, 7) is 2.09. The van der Waals surface area contributed by atoms with Crippen LogP contribution in [0.25, 0.3) is 0 Å². The van der Waals surface area contributed by atoms with Crippen LogP contribution in [0.1, 0.15) is 22.8 Å². The van der Waals surface area contributed by atoms with Gasteiger partial charge in [0.2, 0.25) is 0 Å². The van der Waals surface area contributed by atoms with Crippen molar-refractivity contribution in [2.75, 3.05) is 6.61 Å². The molecule has 0 saturated carbocycles. The van der Waals surface area contributed by atoms with E-state index in [2.05, 4.69) is 20.9 Å². The lowest BCUT2D eigenvalue weighted by molar-refractivity contribution is 0.0526. The first-order valence-corrected chi connectivity index (χ1v) is 7.67. The van der Waals surface area contributed by atoms with Crippen molar-refractivity contribution in [3.8, 4) is 5.75 Å². The van der Waals surface area contributed by atoms with Crippen LogP contribution in [-0.2, 0) is 4.74 Å². The minimum absolute atomic E-state index is 0.0660. The molecule has 1 N–H and O–H groups in total. The molecule has 0 unspecified atom stereocenters. The zero-order valence-electron chi connectivity index (χ0n) is 11.7. The number of aromatic hydroxyl groups is 1. The van der Waals surface area contributed by atoms with Crippen molar-refractivity contribution in [3.63, 3.8) is 0 Å². The van der Waals surface area contributed by atoms with Crippen molar-refractivity contribution in [3.05, 3.63) is 57.0 Å². The highest BCUT2D eigenvalue weighted by Crippen LogP contribution is 2.30. The van der Waals surface area contributed by atoms with E-state index < -0.39 is 0 Å². The van der Waals surface area contributed by atoms with E-state index in [-0.39, 0.29) is 11.7 Å². The highest BCUT2D eigenvalue weighted by Gasteiger charge is 2.07. The average molecular weight is 383 g/mol. The van der Waals surface area contributed by atoms with Gasteiger partial charge in [0.1, 0.15) is 5.75 Å². The lowest BCUT2D eigenvalue weighted by Gasteiger charge is -2.03. The summed E-state index contributed by atoms with van der Waals surface area (Å²) in [5.41, 5.74) is 1.60. The van der Waals surface area contributed by atoms with Gasteiger partial charge >= 0.3 is 5.97 Å². The standard InChI is InChI=1S/C16H13BrClNO3/c1-2-22-16(21)10-3-5-13(6-4-10)19-9-11-7-12(18)8-14(17)15(11)20/h3-9,20H,2H2,1H3/b19-9+. The topological polar surface area (TPSA) is 58.9 Å². The molecule has 0 amide bonds. The summed E-state index contributed by atoms with van der Waals surface area (Å²) < 4.78 is 5.41. The fraction of sp³-hybridized carbons (Fsp3) is 0.125. The number of hydrogen-bond acceptors (Lipinski definition) is 4. The summed E-state index contributed by atoms with van der Waals surface area (Å²) in [4.78, 5) is 15.8. The maximum Gasteiger partial charge on any atom is 0.338 e. The molecule has 0 radical (unpaired) electrons. The molecule has 0 aliphatic rings. The summed E-state index contributed by atoms with van der Waals surface area (Å²) in [6, 6.07) is 9.87. The highest BCUT2D eigenvalue weighted by atomic mass is 79.9. The molecule has 4 nitrogen and oxygen atoms in total. The second-order valence-corrected chi connectivity index (χ2v) is 5.64. The van der Waals surface area contributed by atoms with Gasteiger partial charge in [0.25, 0.3) is 0 Å². The Hall–Kier alpha value is -1.85. The number of phenolic OH excluding ortho intramolecular Hbond substituents is 1. The van der Waals surface area contributed by atoms with Crippen LogP contribution in [0.3, 0.4) is 0 Å².